The summed E-state index contributed by atoms with van der Waals surface area (Å²) in [6, 6.07) is -0.166. The van der Waals surface area contributed by atoms with Gasteiger partial charge >= 0.3 is 12.0 Å². The molecule has 0 radical (unpaired) electrons. The summed E-state index contributed by atoms with van der Waals surface area (Å²) in [6.07, 6.45) is 1.63. The van der Waals surface area contributed by atoms with Crippen LogP contribution in [0.4, 0.5) is 4.79 Å². The van der Waals surface area contributed by atoms with Gasteiger partial charge < -0.3 is 15.7 Å². The Balaban J connectivity index is 4.17. The third-order valence-corrected chi connectivity index (χ3v) is 2.37. The monoisotopic (exact) mass is 230 g/mol. The second kappa shape index (κ2) is 6.35. The predicted molar refractivity (Wildman–Crippen MR) is 62.4 cm³/mol. The second-order valence-electron chi connectivity index (χ2n) is 4.57. The van der Waals surface area contributed by atoms with E-state index in [0.717, 1.165) is 12.8 Å². The Morgan fingerprint density at radius 2 is 1.75 bits per heavy atom. The number of hydrogen-bond donors (Lipinski definition) is 3. The number of carboxylic acid groups (broad SMARTS) is 1. The molecule has 94 valence electrons. The van der Waals surface area contributed by atoms with Crippen molar-refractivity contribution in [3.63, 3.8) is 0 Å². The van der Waals surface area contributed by atoms with Gasteiger partial charge in [0.2, 0.25) is 0 Å². The number of rotatable bonds is 6. The fraction of sp³-hybridized carbons (Fsp3) is 0.818. The van der Waals surface area contributed by atoms with Crippen LogP contribution in [-0.2, 0) is 4.79 Å². The van der Waals surface area contributed by atoms with Gasteiger partial charge in [-0.15, -0.1) is 0 Å². The molecule has 0 aliphatic carbocycles. The van der Waals surface area contributed by atoms with Crippen LogP contribution in [0.25, 0.3) is 0 Å². The summed E-state index contributed by atoms with van der Waals surface area (Å²) in [5, 5.41) is 14.1. The van der Waals surface area contributed by atoms with E-state index < -0.39 is 11.5 Å². The summed E-state index contributed by atoms with van der Waals surface area (Å²) in [7, 11) is 0. The Bertz CT molecular complexity index is 248. The van der Waals surface area contributed by atoms with Gasteiger partial charge in [0.05, 0.1) is 6.42 Å². The van der Waals surface area contributed by atoms with Crippen molar-refractivity contribution in [2.45, 2.75) is 58.5 Å². The minimum Gasteiger partial charge on any atom is -0.481 e. The first-order chi connectivity index (χ1) is 7.30. The highest BCUT2D eigenvalue weighted by molar-refractivity contribution is 5.76. The van der Waals surface area contributed by atoms with E-state index in [1.165, 1.54) is 0 Å². The molecule has 0 aromatic rings. The summed E-state index contributed by atoms with van der Waals surface area (Å²) in [5.41, 5.74) is -0.734. The maximum atomic E-state index is 11.6. The van der Waals surface area contributed by atoms with Crippen molar-refractivity contribution >= 4 is 12.0 Å². The molecule has 3 N–H and O–H groups in total. The third-order valence-electron chi connectivity index (χ3n) is 2.37. The van der Waals surface area contributed by atoms with Crippen molar-refractivity contribution in [3.8, 4) is 0 Å². The lowest BCUT2D eigenvalue weighted by atomic mass is 10.0. The number of carboxylic acids is 1. The van der Waals surface area contributed by atoms with Crippen LogP contribution in [0.15, 0.2) is 0 Å². The number of urea groups is 1. The zero-order chi connectivity index (χ0) is 12.8. The molecule has 5 heteroatoms. The Labute approximate surface area is 96.6 Å². The third kappa shape index (κ3) is 6.27. The number of carbonyl (C=O) groups is 2. The summed E-state index contributed by atoms with van der Waals surface area (Å²) < 4.78 is 0. The summed E-state index contributed by atoms with van der Waals surface area (Å²) in [6.45, 7) is 7.37. The zero-order valence-corrected chi connectivity index (χ0v) is 10.5. The number of amides is 2. The van der Waals surface area contributed by atoms with Gasteiger partial charge in [0.1, 0.15) is 0 Å². The topological polar surface area (TPSA) is 78.4 Å². The molecule has 0 unspecified atom stereocenters. The molecular formula is C11H22N2O3. The molecule has 5 nitrogen and oxygen atoms in total. The lowest BCUT2D eigenvalue weighted by molar-refractivity contribution is -0.138. The van der Waals surface area contributed by atoms with Gasteiger partial charge in [0, 0.05) is 11.6 Å². The van der Waals surface area contributed by atoms with E-state index in [9.17, 15) is 9.59 Å². The van der Waals surface area contributed by atoms with Crippen molar-refractivity contribution < 1.29 is 14.7 Å². The normalized spacial score (nSPS) is 11.3. The van der Waals surface area contributed by atoms with Gasteiger partial charge in [-0.2, -0.15) is 0 Å². The molecule has 0 aliphatic heterocycles. The minimum atomic E-state index is -0.923. The van der Waals surface area contributed by atoms with Crippen LogP contribution in [-0.4, -0.2) is 28.7 Å². The SMILES string of the molecule is CCC(CC)NC(=O)NC(C)(C)CC(=O)O. The van der Waals surface area contributed by atoms with Crippen LogP contribution >= 0.6 is 0 Å². The van der Waals surface area contributed by atoms with E-state index in [1.54, 1.807) is 13.8 Å². The largest absolute Gasteiger partial charge is 0.481 e. The number of carbonyl (C=O) groups excluding carboxylic acids is 1. The van der Waals surface area contributed by atoms with Crippen LogP contribution in [0.5, 0.6) is 0 Å². The van der Waals surface area contributed by atoms with E-state index in [2.05, 4.69) is 10.6 Å². The highest BCUT2D eigenvalue weighted by Crippen LogP contribution is 2.08. The Morgan fingerprint density at radius 1 is 1.25 bits per heavy atom. The predicted octanol–water partition coefficient (Wildman–Crippen LogP) is 1.73. The Kier molecular flexibility index (Phi) is 5.85. The molecule has 0 aromatic heterocycles. The first kappa shape index (κ1) is 14.7. The maximum absolute atomic E-state index is 11.6. The minimum absolute atomic E-state index is 0.0939. The lowest BCUT2D eigenvalue weighted by Gasteiger charge is -2.26. The first-order valence-electron chi connectivity index (χ1n) is 5.61. The highest BCUT2D eigenvalue weighted by Gasteiger charge is 2.24. The van der Waals surface area contributed by atoms with Crippen molar-refractivity contribution in [1.29, 1.82) is 0 Å². The van der Waals surface area contributed by atoms with E-state index in [4.69, 9.17) is 5.11 Å². The van der Waals surface area contributed by atoms with E-state index in [0.29, 0.717) is 0 Å². The summed E-state index contributed by atoms with van der Waals surface area (Å²) in [4.78, 5) is 22.1. The Morgan fingerprint density at radius 3 is 2.12 bits per heavy atom. The van der Waals surface area contributed by atoms with Crippen LogP contribution in [0.2, 0.25) is 0 Å². The molecule has 0 saturated carbocycles. The molecule has 0 aromatic carbocycles. The van der Waals surface area contributed by atoms with Gasteiger partial charge in [-0.05, 0) is 26.7 Å². The zero-order valence-electron chi connectivity index (χ0n) is 10.5. The van der Waals surface area contributed by atoms with E-state index in [-0.39, 0.29) is 18.5 Å². The molecule has 0 rings (SSSR count). The van der Waals surface area contributed by atoms with Gasteiger partial charge in [-0.1, -0.05) is 13.8 Å². The molecule has 2 amide bonds. The molecule has 0 fully saturated rings. The molecule has 0 atom stereocenters. The molecule has 0 heterocycles. The van der Waals surface area contributed by atoms with Crippen molar-refractivity contribution in [3.05, 3.63) is 0 Å². The van der Waals surface area contributed by atoms with Crippen LogP contribution < -0.4 is 10.6 Å². The van der Waals surface area contributed by atoms with Crippen LogP contribution in [0, 0.1) is 0 Å². The van der Waals surface area contributed by atoms with Gasteiger partial charge in [0.25, 0.3) is 0 Å². The van der Waals surface area contributed by atoms with Gasteiger partial charge in [-0.3, -0.25) is 4.79 Å². The fourth-order valence-corrected chi connectivity index (χ4v) is 1.44. The average Bonchev–Trinajstić information content (AvgIpc) is 2.10. The lowest BCUT2D eigenvalue weighted by Crippen LogP contribution is -2.51. The molecule has 0 aliphatic rings. The van der Waals surface area contributed by atoms with E-state index >= 15 is 0 Å². The number of nitrogens with one attached hydrogen (secondary N) is 2. The Hall–Kier alpha value is -1.26. The van der Waals surface area contributed by atoms with Gasteiger partial charge in [-0.25, -0.2) is 4.79 Å². The first-order valence-corrected chi connectivity index (χ1v) is 5.61. The van der Waals surface area contributed by atoms with Gasteiger partial charge in [0.15, 0.2) is 0 Å². The molecule has 0 spiro atoms. The molecule has 16 heavy (non-hydrogen) atoms. The van der Waals surface area contributed by atoms with Crippen LogP contribution in [0.3, 0.4) is 0 Å². The van der Waals surface area contributed by atoms with Crippen LogP contribution in [0.1, 0.15) is 47.0 Å². The van der Waals surface area contributed by atoms with E-state index in [1.807, 2.05) is 13.8 Å². The maximum Gasteiger partial charge on any atom is 0.315 e. The standard InChI is InChI=1S/C11H22N2O3/c1-5-8(6-2)12-10(16)13-11(3,4)7-9(14)15/h8H,5-7H2,1-4H3,(H,14,15)(H2,12,13,16). The summed E-state index contributed by atoms with van der Waals surface area (Å²) in [5.74, 6) is -0.923. The number of hydrogen-bond acceptors (Lipinski definition) is 2. The molecular weight excluding hydrogens is 208 g/mol. The molecule has 0 bridgehead atoms. The fourth-order valence-electron chi connectivity index (χ4n) is 1.44. The second-order valence-corrected chi connectivity index (χ2v) is 4.57. The molecule has 0 saturated heterocycles. The quantitative estimate of drug-likeness (QED) is 0.650. The van der Waals surface area contributed by atoms with Crippen molar-refractivity contribution in [2.24, 2.45) is 0 Å². The number of aliphatic carboxylic acids is 1. The van der Waals surface area contributed by atoms with Crippen molar-refractivity contribution in [2.75, 3.05) is 0 Å². The van der Waals surface area contributed by atoms with Crippen molar-refractivity contribution in [1.82, 2.24) is 10.6 Å². The highest BCUT2D eigenvalue weighted by atomic mass is 16.4. The smallest absolute Gasteiger partial charge is 0.315 e. The average molecular weight is 230 g/mol. The summed E-state index contributed by atoms with van der Waals surface area (Å²) >= 11 is 0.